The Morgan fingerprint density at radius 1 is 0.714 bits per heavy atom. The molecule has 2 nitrogen and oxygen atoms in total. The molecule has 0 spiro atoms. The molecule has 0 fully saturated rings. The molecule has 4 aromatic carbocycles. The summed E-state index contributed by atoms with van der Waals surface area (Å²) in [7, 11) is 0. The Morgan fingerprint density at radius 3 is 2.06 bits per heavy atom. The average molecular weight is 459 g/mol. The Kier molecular flexibility index (Phi) is 4.37. The van der Waals surface area contributed by atoms with Gasteiger partial charge >= 0.3 is 0 Å². The van der Waals surface area contributed by atoms with Gasteiger partial charge in [-0.3, -0.25) is 4.99 Å². The van der Waals surface area contributed by atoms with Crippen molar-refractivity contribution in [1.29, 1.82) is 0 Å². The normalized spacial score (nSPS) is 16.7. The molecule has 4 heteroatoms. The zero-order valence-corrected chi connectivity index (χ0v) is 18.7. The smallest absolute Gasteiger partial charge is 0.123 e. The van der Waals surface area contributed by atoms with Crippen LogP contribution in [0.15, 0.2) is 102 Å². The highest BCUT2D eigenvalue weighted by atomic mass is 19.1. The second-order valence-electron chi connectivity index (χ2n) is 9.12. The first-order valence-electron chi connectivity index (χ1n) is 11.7. The van der Waals surface area contributed by atoms with Crippen LogP contribution in [-0.2, 0) is 0 Å². The predicted molar refractivity (Wildman–Crippen MR) is 138 cm³/mol. The lowest BCUT2D eigenvalue weighted by Crippen LogP contribution is -2.31. The summed E-state index contributed by atoms with van der Waals surface area (Å²) in [6, 6.07) is 26.0. The molecule has 35 heavy (non-hydrogen) atoms. The number of hydrogen-bond acceptors (Lipinski definition) is 1. The summed E-state index contributed by atoms with van der Waals surface area (Å²) in [5.74, 6) is -0.360. The van der Waals surface area contributed by atoms with E-state index in [4.69, 9.17) is 4.99 Å². The molecular formula is C31H20F2N2. The van der Waals surface area contributed by atoms with Gasteiger partial charge in [0.2, 0.25) is 0 Å². The Morgan fingerprint density at radius 2 is 1.37 bits per heavy atom. The fraction of sp³-hybridized carbons (Fsp3) is 0.0645. The van der Waals surface area contributed by atoms with Gasteiger partial charge in [0.05, 0.1) is 23.3 Å². The first-order chi connectivity index (χ1) is 17.1. The minimum Gasteiger partial charge on any atom is -0.309 e. The van der Waals surface area contributed by atoms with Gasteiger partial charge in [0.25, 0.3) is 0 Å². The van der Waals surface area contributed by atoms with E-state index in [1.54, 1.807) is 12.1 Å². The summed E-state index contributed by atoms with van der Waals surface area (Å²) in [6.45, 7) is 0.734. The van der Waals surface area contributed by atoms with E-state index in [2.05, 4.69) is 54.6 Å². The third-order valence-electron chi connectivity index (χ3n) is 7.00. The number of benzene rings is 4. The van der Waals surface area contributed by atoms with Crippen LogP contribution in [0.2, 0.25) is 0 Å². The Hall–Kier alpha value is -4.31. The molecule has 0 N–H and O–H groups in total. The van der Waals surface area contributed by atoms with Crippen molar-refractivity contribution in [3.8, 4) is 5.69 Å². The van der Waals surface area contributed by atoms with Gasteiger partial charge in [0, 0.05) is 22.4 Å². The minimum atomic E-state index is -0.336. The summed E-state index contributed by atoms with van der Waals surface area (Å²) < 4.78 is 30.1. The van der Waals surface area contributed by atoms with Crippen LogP contribution in [0.5, 0.6) is 0 Å². The monoisotopic (exact) mass is 458 g/mol. The topological polar surface area (TPSA) is 17.3 Å². The summed E-state index contributed by atoms with van der Waals surface area (Å²) in [6.07, 6.45) is 6.75. The van der Waals surface area contributed by atoms with Crippen LogP contribution in [0.25, 0.3) is 39.6 Å². The molecule has 0 amide bonds. The highest BCUT2D eigenvalue weighted by molar-refractivity contribution is 6.11. The van der Waals surface area contributed by atoms with E-state index < -0.39 is 0 Å². The van der Waals surface area contributed by atoms with Gasteiger partial charge in [-0.05, 0) is 76.2 Å². The molecule has 1 aromatic heterocycles. The number of dihydropyridines is 1. The maximum atomic E-state index is 14.0. The van der Waals surface area contributed by atoms with Gasteiger partial charge in [-0.15, -0.1) is 0 Å². The number of aromatic nitrogens is 1. The Labute approximate surface area is 200 Å². The van der Waals surface area contributed by atoms with Crippen molar-refractivity contribution >= 4 is 39.7 Å². The largest absolute Gasteiger partial charge is 0.309 e. The lowest BCUT2D eigenvalue weighted by molar-refractivity contribution is 0.628. The van der Waals surface area contributed by atoms with Crippen LogP contribution in [0.4, 0.5) is 8.78 Å². The SMILES string of the molecule is Fc1ccc2c(c1)c1cc(F)ccc1n2-c1ccc(C2=NCC3C=c4ccccc4=CC3=C2)cc1. The van der Waals surface area contributed by atoms with Crippen molar-refractivity contribution in [1.82, 2.24) is 4.57 Å². The van der Waals surface area contributed by atoms with Crippen LogP contribution >= 0.6 is 0 Å². The van der Waals surface area contributed by atoms with Gasteiger partial charge in [0.15, 0.2) is 0 Å². The van der Waals surface area contributed by atoms with E-state index in [9.17, 15) is 8.78 Å². The second-order valence-corrected chi connectivity index (χ2v) is 9.12. The van der Waals surface area contributed by atoms with E-state index in [1.807, 2.05) is 16.7 Å². The van der Waals surface area contributed by atoms with E-state index in [1.165, 1.54) is 40.3 Å². The van der Waals surface area contributed by atoms with Gasteiger partial charge in [-0.2, -0.15) is 0 Å². The number of allylic oxidation sites excluding steroid dienone is 1. The highest BCUT2D eigenvalue weighted by Gasteiger charge is 2.19. The molecule has 1 aliphatic carbocycles. The third kappa shape index (κ3) is 3.25. The maximum absolute atomic E-state index is 14.0. The summed E-state index contributed by atoms with van der Waals surface area (Å²) in [4.78, 5) is 4.87. The summed E-state index contributed by atoms with van der Waals surface area (Å²) in [5.41, 5.74) is 5.91. The van der Waals surface area contributed by atoms with Gasteiger partial charge in [0.1, 0.15) is 11.6 Å². The van der Waals surface area contributed by atoms with Crippen molar-refractivity contribution in [3.63, 3.8) is 0 Å². The predicted octanol–water partition coefficient (Wildman–Crippen LogP) is 5.68. The van der Waals surface area contributed by atoms with E-state index in [0.717, 1.165) is 34.5 Å². The zero-order chi connectivity index (χ0) is 23.5. The lowest BCUT2D eigenvalue weighted by atomic mass is 9.88. The lowest BCUT2D eigenvalue weighted by Gasteiger charge is -2.21. The minimum absolute atomic E-state index is 0.311. The molecule has 0 radical (unpaired) electrons. The van der Waals surface area contributed by atoms with Crippen molar-refractivity contribution in [2.75, 3.05) is 6.54 Å². The Balaban J connectivity index is 1.30. The number of nitrogens with zero attached hydrogens (tertiary/aromatic N) is 2. The summed E-state index contributed by atoms with van der Waals surface area (Å²) in [5, 5.41) is 3.90. The number of halogens is 2. The van der Waals surface area contributed by atoms with E-state index in [-0.39, 0.29) is 11.6 Å². The van der Waals surface area contributed by atoms with Gasteiger partial charge in [-0.1, -0.05) is 48.6 Å². The molecule has 0 saturated carbocycles. The molecule has 2 aliphatic rings. The van der Waals surface area contributed by atoms with Gasteiger partial charge in [-0.25, -0.2) is 8.78 Å². The molecular weight excluding hydrogens is 438 g/mol. The van der Waals surface area contributed by atoms with E-state index >= 15 is 0 Å². The first kappa shape index (κ1) is 20.1. The molecule has 168 valence electrons. The molecule has 0 saturated heterocycles. The van der Waals surface area contributed by atoms with Crippen molar-refractivity contribution < 1.29 is 8.78 Å². The number of hydrogen-bond donors (Lipinski definition) is 0. The van der Waals surface area contributed by atoms with Crippen molar-refractivity contribution in [2.24, 2.45) is 10.9 Å². The molecule has 5 aromatic rings. The quantitative estimate of drug-likeness (QED) is 0.324. The molecule has 2 heterocycles. The van der Waals surface area contributed by atoms with E-state index in [0.29, 0.717) is 16.7 Å². The molecule has 7 rings (SSSR count). The highest BCUT2D eigenvalue weighted by Crippen LogP contribution is 2.33. The third-order valence-corrected chi connectivity index (χ3v) is 7.00. The zero-order valence-electron chi connectivity index (χ0n) is 18.7. The fourth-order valence-electron chi connectivity index (χ4n) is 5.30. The molecule has 1 atom stereocenters. The molecule has 1 aliphatic heterocycles. The number of aliphatic imine (C=N–C) groups is 1. The van der Waals surface area contributed by atoms with Crippen molar-refractivity contribution in [2.45, 2.75) is 0 Å². The first-order valence-corrected chi connectivity index (χ1v) is 11.7. The standard InChI is InChI=1S/C31H20F2N2/c32-24-7-11-30-27(16-24)28-17-25(33)8-12-31(28)35(30)26-9-5-19(6-10-26)29-15-22-13-20-3-1-2-4-21(20)14-23(22)18-34-29/h1-17,23H,18H2. The van der Waals surface area contributed by atoms with Gasteiger partial charge < -0.3 is 4.57 Å². The van der Waals surface area contributed by atoms with Crippen molar-refractivity contribution in [3.05, 3.63) is 124 Å². The van der Waals surface area contributed by atoms with Crippen LogP contribution in [-0.4, -0.2) is 16.8 Å². The van der Waals surface area contributed by atoms with Crippen LogP contribution in [0.1, 0.15) is 5.56 Å². The maximum Gasteiger partial charge on any atom is 0.123 e. The van der Waals surface area contributed by atoms with Crippen LogP contribution < -0.4 is 10.4 Å². The molecule has 0 bridgehead atoms. The molecule has 1 unspecified atom stereocenters. The van der Waals surface area contributed by atoms with Crippen LogP contribution in [0, 0.1) is 17.6 Å². The number of rotatable bonds is 2. The summed E-state index contributed by atoms with van der Waals surface area (Å²) >= 11 is 0. The van der Waals surface area contributed by atoms with Crippen LogP contribution in [0.3, 0.4) is 0 Å². The fourth-order valence-corrected chi connectivity index (χ4v) is 5.30. The second kappa shape index (κ2) is 7.60. The Bertz CT molecular complexity index is 1780. The average Bonchev–Trinajstić information content (AvgIpc) is 3.20. The number of fused-ring (bicyclic) bond motifs is 5.